The second-order valence-electron chi connectivity index (χ2n) is 7.70. The molecule has 0 fully saturated rings. The molecule has 1 amide bonds. The number of rotatable bonds is 7. The zero-order valence-electron chi connectivity index (χ0n) is 16.8. The highest BCUT2D eigenvalue weighted by Crippen LogP contribution is 2.18. The van der Waals surface area contributed by atoms with Crippen LogP contribution in [0.4, 0.5) is 5.69 Å². The van der Waals surface area contributed by atoms with Gasteiger partial charge in [-0.1, -0.05) is 43.3 Å². The first-order valence-corrected chi connectivity index (χ1v) is 10.0. The summed E-state index contributed by atoms with van der Waals surface area (Å²) in [5, 5.41) is 3.17. The number of fused-ring (bicyclic) bond motifs is 1. The third kappa shape index (κ3) is 4.89. The van der Waals surface area contributed by atoms with Crippen molar-refractivity contribution in [2.24, 2.45) is 0 Å². The number of amides is 1. The van der Waals surface area contributed by atoms with Crippen LogP contribution >= 0.6 is 0 Å². The lowest BCUT2D eigenvalue weighted by molar-refractivity contribution is -0.945. The van der Waals surface area contributed by atoms with Gasteiger partial charge in [0.2, 0.25) is 5.91 Å². The first-order chi connectivity index (χ1) is 13.1. The molecule has 0 aromatic heterocycles. The van der Waals surface area contributed by atoms with Gasteiger partial charge in [-0.15, -0.1) is 0 Å². The van der Waals surface area contributed by atoms with Gasteiger partial charge in [-0.25, -0.2) is 0 Å². The molecule has 0 bridgehead atoms. The fourth-order valence-electron chi connectivity index (χ4n) is 3.93. The molecule has 1 unspecified atom stereocenters. The number of quaternary nitrogens is 1. The van der Waals surface area contributed by atoms with Gasteiger partial charge in [-0.05, 0) is 24.1 Å². The summed E-state index contributed by atoms with van der Waals surface area (Å²) in [6.07, 6.45) is 2.59. The van der Waals surface area contributed by atoms with Crippen LogP contribution in [0.15, 0.2) is 48.5 Å². The summed E-state index contributed by atoms with van der Waals surface area (Å²) in [6, 6.07) is 17.8. The Morgan fingerprint density at radius 2 is 1.81 bits per heavy atom. The van der Waals surface area contributed by atoms with E-state index in [1.54, 1.807) is 0 Å². The number of nitrogens with zero attached hydrogens (tertiary/aromatic N) is 1. The molecule has 0 saturated heterocycles. The van der Waals surface area contributed by atoms with E-state index in [1.807, 2.05) is 6.92 Å². The maximum Gasteiger partial charge on any atom is 0.220 e. The van der Waals surface area contributed by atoms with Crippen molar-refractivity contribution >= 4 is 11.6 Å². The fourth-order valence-corrected chi connectivity index (χ4v) is 3.93. The molecular formula is C23H32N3O+. The molecule has 27 heavy (non-hydrogen) atoms. The maximum absolute atomic E-state index is 12.1. The summed E-state index contributed by atoms with van der Waals surface area (Å²) in [5.41, 5.74) is 5.41. The molecule has 0 spiro atoms. The summed E-state index contributed by atoms with van der Waals surface area (Å²) in [7, 11) is 4.12. The van der Waals surface area contributed by atoms with Crippen molar-refractivity contribution in [1.29, 1.82) is 0 Å². The zero-order chi connectivity index (χ0) is 19.2. The number of carbonyl (C=O) groups excluding carboxylic acids is 1. The average Bonchev–Trinajstić information content (AvgIpc) is 2.68. The zero-order valence-corrected chi connectivity index (χ0v) is 16.8. The number of hydrogen-bond acceptors (Lipinski definition) is 2. The minimum Gasteiger partial charge on any atom is -0.378 e. The molecule has 1 aliphatic rings. The molecule has 1 heterocycles. The summed E-state index contributed by atoms with van der Waals surface area (Å²) >= 11 is 0. The van der Waals surface area contributed by atoms with Crippen LogP contribution in [0.2, 0.25) is 0 Å². The lowest BCUT2D eigenvalue weighted by Gasteiger charge is -2.33. The Labute approximate surface area is 163 Å². The van der Waals surface area contributed by atoms with E-state index in [9.17, 15) is 4.79 Å². The molecular weight excluding hydrogens is 334 g/mol. The molecule has 0 aliphatic carbocycles. The van der Waals surface area contributed by atoms with Gasteiger partial charge in [0.05, 0.1) is 13.1 Å². The highest BCUT2D eigenvalue weighted by Gasteiger charge is 2.28. The molecule has 2 aromatic rings. The SMILES string of the molecule is CCCC(=O)NC[C@H](c1ccc(N(C)C)cc1)[NH+]1CCc2ccccc2C1. The second kappa shape index (κ2) is 9.05. The minimum atomic E-state index is 0.157. The summed E-state index contributed by atoms with van der Waals surface area (Å²) < 4.78 is 0. The predicted octanol–water partition coefficient (Wildman–Crippen LogP) is 2.35. The molecule has 2 aromatic carbocycles. The Morgan fingerprint density at radius 3 is 2.48 bits per heavy atom. The molecule has 0 saturated carbocycles. The standard InChI is InChI=1S/C23H31N3O/c1-4-7-23(27)24-16-22(19-10-12-21(13-11-19)25(2)3)26-15-14-18-8-5-6-9-20(18)17-26/h5-6,8-13,22H,4,7,14-17H2,1-3H3,(H,24,27)/p+1/t22-/m1/s1. The summed E-state index contributed by atoms with van der Waals surface area (Å²) in [6.45, 7) is 4.85. The van der Waals surface area contributed by atoms with Crippen LogP contribution in [0.25, 0.3) is 0 Å². The van der Waals surface area contributed by atoms with Crippen LogP contribution < -0.4 is 15.1 Å². The van der Waals surface area contributed by atoms with E-state index < -0.39 is 0 Å². The van der Waals surface area contributed by atoms with Gasteiger partial charge >= 0.3 is 0 Å². The van der Waals surface area contributed by atoms with Crippen molar-refractivity contribution in [3.05, 3.63) is 65.2 Å². The Bertz CT molecular complexity index is 754. The van der Waals surface area contributed by atoms with Crippen LogP contribution in [0, 0.1) is 0 Å². The van der Waals surface area contributed by atoms with Gasteiger partial charge in [-0.2, -0.15) is 0 Å². The number of benzene rings is 2. The fraction of sp³-hybridized carbons (Fsp3) is 0.435. The van der Waals surface area contributed by atoms with E-state index >= 15 is 0 Å². The molecule has 4 heteroatoms. The normalized spacial score (nSPS) is 17.1. The van der Waals surface area contributed by atoms with Crippen molar-refractivity contribution in [1.82, 2.24) is 5.32 Å². The smallest absolute Gasteiger partial charge is 0.220 e. The molecule has 4 nitrogen and oxygen atoms in total. The number of carbonyl (C=O) groups is 1. The van der Waals surface area contributed by atoms with E-state index in [-0.39, 0.29) is 11.9 Å². The lowest BCUT2D eigenvalue weighted by atomic mass is 9.96. The molecule has 2 N–H and O–H groups in total. The third-order valence-electron chi connectivity index (χ3n) is 5.54. The monoisotopic (exact) mass is 366 g/mol. The number of hydrogen-bond donors (Lipinski definition) is 2. The van der Waals surface area contributed by atoms with Crippen LogP contribution in [-0.2, 0) is 17.8 Å². The summed E-state index contributed by atoms with van der Waals surface area (Å²) in [5.74, 6) is 0.157. The van der Waals surface area contributed by atoms with Crippen LogP contribution in [0.3, 0.4) is 0 Å². The predicted molar refractivity (Wildman–Crippen MR) is 111 cm³/mol. The Morgan fingerprint density at radius 1 is 1.11 bits per heavy atom. The van der Waals surface area contributed by atoms with Crippen molar-refractivity contribution < 1.29 is 9.69 Å². The Kier molecular flexibility index (Phi) is 6.51. The van der Waals surface area contributed by atoms with Crippen LogP contribution in [0.1, 0.15) is 42.5 Å². The van der Waals surface area contributed by atoms with E-state index in [0.29, 0.717) is 13.0 Å². The van der Waals surface area contributed by atoms with Crippen LogP contribution in [-0.4, -0.2) is 33.1 Å². The van der Waals surface area contributed by atoms with Gasteiger partial charge < -0.3 is 15.1 Å². The topological polar surface area (TPSA) is 36.8 Å². The number of nitrogens with one attached hydrogen (secondary N) is 2. The largest absolute Gasteiger partial charge is 0.378 e. The highest BCUT2D eigenvalue weighted by atomic mass is 16.1. The molecule has 144 valence electrons. The molecule has 2 atom stereocenters. The minimum absolute atomic E-state index is 0.157. The molecule has 3 rings (SSSR count). The highest BCUT2D eigenvalue weighted by molar-refractivity contribution is 5.75. The van der Waals surface area contributed by atoms with Crippen molar-refractivity contribution in [2.45, 2.75) is 38.8 Å². The lowest BCUT2D eigenvalue weighted by Crippen LogP contribution is -3.12. The van der Waals surface area contributed by atoms with E-state index in [0.717, 1.165) is 25.9 Å². The van der Waals surface area contributed by atoms with Gasteiger partial charge in [0.25, 0.3) is 0 Å². The van der Waals surface area contributed by atoms with Crippen molar-refractivity contribution in [3.8, 4) is 0 Å². The van der Waals surface area contributed by atoms with Crippen molar-refractivity contribution in [3.63, 3.8) is 0 Å². The third-order valence-corrected chi connectivity index (χ3v) is 5.54. The summed E-state index contributed by atoms with van der Waals surface area (Å²) in [4.78, 5) is 15.7. The number of anilines is 1. The van der Waals surface area contributed by atoms with E-state index in [4.69, 9.17) is 0 Å². The van der Waals surface area contributed by atoms with Gasteiger partial charge in [0.1, 0.15) is 12.6 Å². The first-order valence-electron chi connectivity index (χ1n) is 10.0. The molecule has 0 radical (unpaired) electrons. The molecule has 1 aliphatic heterocycles. The van der Waals surface area contributed by atoms with Crippen molar-refractivity contribution in [2.75, 3.05) is 32.1 Å². The average molecular weight is 367 g/mol. The van der Waals surface area contributed by atoms with E-state index in [1.165, 1.54) is 27.3 Å². The van der Waals surface area contributed by atoms with Gasteiger partial charge in [-0.3, -0.25) is 4.79 Å². The quantitative estimate of drug-likeness (QED) is 0.789. The van der Waals surface area contributed by atoms with Gasteiger partial charge in [0.15, 0.2) is 0 Å². The Hall–Kier alpha value is -2.33. The van der Waals surface area contributed by atoms with E-state index in [2.05, 4.69) is 72.8 Å². The maximum atomic E-state index is 12.1. The first kappa shape index (κ1) is 19.4. The second-order valence-corrected chi connectivity index (χ2v) is 7.70. The Balaban J connectivity index is 1.80. The van der Waals surface area contributed by atoms with Gasteiger partial charge in [0, 0.05) is 43.8 Å². The van der Waals surface area contributed by atoms with Crippen LogP contribution in [0.5, 0.6) is 0 Å².